The van der Waals surface area contributed by atoms with E-state index in [1.807, 2.05) is 45.0 Å². The molecule has 6 atom stereocenters. The second-order valence-corrected chi connectivity index (χ2v) is 17.0. The second kappa shape index (κ2) is 12.0. The SMILES string of the molecule is Cc1ccc([C@@H]2CC(=O)[C@@H]3CC(S(=O)(=O)c4ccc(C)cc4)[C@H](c4ccccc4F)C[C@@H]3C2S(=O)(=O)c2ccc(C)cc2)cc1. The Hall–Kier alpha value is -3.62. The van der Waals surface area contributed by atoms with Crippen LogP contribution in [0.4, 0.5) is 4.39 Å². The van der Waals surface area contributed by atoms with Crippen molar-refractivity contribution < 1.29 is 26.0 Å². The molecule has 0 aromatic heterocycles. The quantitative estimate of drug-likeness (QED) is 0.220. The van der Waals surface area contributed by atoms with E-state index in [4.69, 9.17) is 0 Å². The van der Waals surface area contributed by atoms with Gasteiger partial charge in [0.1, 0.15) is 11.6 Å². The molecule has 2 aliphatic rings. The van der Waals surface area contributed by atoms with Gasteiger partial charge in [0.05, 0.1) is 20.3 Å². The van der Waals surface area contributed by atoms with Gasteiger partial charge in [-0.1, -0.05) is 83.4 Å². The summed E-state index contributed by atoms with van der Waals surface area (Å²) in [6.07, 6.45) is -0.0356. The summed E-state index contributed by atoms with van der Waals surface area (Å²) in [6, 6.07) is 27.0. The summed E-state index contributed by atoms with van der Waals surface area (Å²) in [5.74, 6) is -3.67. The monoisotopic (exact) mass is 644 g/mol. The third-order valence-electron chi connectivity index (χ3n) is 9.90. The summed E-state index contributed by atoms with van der Waals surface area (Å²) in [7, 11) is -8.02. The van der Waals surface area contributed by atoms with Crippen LogP contribution in [0.3, 0.4) is 0 Å². The minimum absolute atomic E-state index is 0.0123. The summed E-state index contributed by atoms with van der Waals surface area (Å²) < 4.78 is 73.4. The first-order valence-corrected chi connectivity index (χ1v) is 18.4. The number of Topliss-reactive ketones (excluding diaryl/α,β-unsaturated/α-hetero) is 1. The Kier molecular flexibility index (Phi) is 8.33. The van der Waals surface area contributed by atoms with Crippen LogP contribution >= 0.6 is 0 Å². The smallest absolute Gasteiger partial charge is 0.182 e. The highest BCUT2D eigenvalue weighted by molar-refractivity contribution is 7.92. The topological polar surface area (TPSA) is 85.3 Å². The van der Waals surface area contributed by atoms with E-state index in [9.17, 15) is 21.6 Å². The predicted molar refractivity (Wildman–Crippen MR) is 173 cm³/mol. The maximum Gasteiger partial charge on any atom is 0.182 e. The first kappa shape index (κ1) is 31.4. The van der Waals surface area contributed by atoms with E-state index in [2.05, 4.69) is 0 Å². The van der Waals surface area contributed by atoms with Gasteiger partial charge in [0.15, 0.2) is 19.7 Å². The number of carbonyl (C=O) groups is 1. The molecule has 4 aromatic carbocycles. The molecule has 0 bridgehead atoms. The maximum absolute atomic E-state index is 15.5. The van der Waals surface area contributed by atoms with Crippen LogP contribution in [0, 0.1) is 38.4 Å². The highest BCUT2D eigenvalue weighted by Crippen LogP contribution is 2.54. The molecule has 0 heterocycles. The standard InChI is InChI=1S/C37H37FO5S2/c1-23-8-14-26(15-9-23)30-21-35(39)31-22-36(44(40,41)27-16-10-24(2)11-17-27)32(29-6-4-5-7-34(29)38)20-33(31)37(30)45(42,43)28-18-12-25(3)13-19-28/h4-19,30-33,36-37H,20-22H2,1-3H3/t30-,31+,32-,33-,36?,37?/m0/s1. The Morgan fingerprint density at radius 2 is 1.11 bits per heavy atom. The molecule has 45 heavy (non-hydrogen) atoms. The van der Waals surface area contributed by atoms with Gasteiger partial charge in [0.25, 0.3) is 0 Å². The van der Waals surface area contributed by atoms with Crippen LogP contribution in [0.15, 0.2) is 107 Å². The second-order valence-electron chi connectivity index (χ2n) is 12.8. The van der Waals surface area contributed by atoms with Gasteiger partial charge in [-0.25, -0.2) is 21.2 Å². The Balaban J connectivity index is 1.52. The molecule has 6 rings (SSSR count). The third kappa shape index (κ3) is 5.79. The minimum atomic E-state index is -4.02. The van der Waals surface area contributed by atoms with E-state index in [0.717, 1.165) is 22.3 Å². The van der Waals surface area contributed by atoms with Crippen LogP contribution < -0.4 is 0 Å². The van der Waals surface area contributed by atoms with Gasteiger partial charge in [-0.05, 0) is 81.0 Å². The van der Waals surface area contributed by atoms with E-state index >= 15 is 4.39 Å². The fraction of sp³-hybridized carbons (Fsp3) is 0.324. The number of sulfone groups is 2. The van der Waals surface area contributed by atoms with Crippen molar-refractivity contribution in [2.75, 3.05) is 0 Å². The number of benzene rings is 4. The highest BCUT2D eigenvalue weighted by atomic mass is 32.2. The van der Waals surface area contributed by atoms with E-state index in [-0.39, 0.29) is 40.4 Å². The maximum atomic E-state index is 15.5. The van der Waals surface area contributed by atoms with Gasteiger partial charge in [-0.15, -0.1) is 0 Å². The van der Waals surface area contributed by atoms with Crippen molar-refractivity contribution in [1.29, 1.82) is 0 Å². The molecule has 0 radical (unpaired) electrons. The van der Waals surface area contributed by atoms with Crippen LogP contribution in [0.2, 0.25) is 0 Å². The zero-order valence-electron chi connectivity index (χ0n) is 25.6. The molecule has 234 valence electrons. The average molecular weight is 645 g/mol. The van der Waals surface area contributed by atoms with Gasteiger partial charge in [0.2, 0.25) is 0 Å². The Bertz CT molecular complexity index is 1930. The lowest BCUT2D eigenvalue weighted by Crippen LogP contribution is -2.53. The molecular weight excluding hydrogens is 608 g/mol. The van der Waals surface area contributed by atoms with Crippen molar-refractivity contribution in [2.24, 2.45) is 11.8 Å². The Morgan fingerprint density at radius 3 is 1.67 bits per heavy atom. The molecular formula is C37H37FO5S2. The van der Waals surface area contributed by atoms with Crippen LogP contribution in [-0.2, 0) is 24.5 Å². The number of ketones is 1. The van der Waals surface area contributed by atoms with Crippen molar-refractivity contribution in [2.45, 2.75) is 72.2 Å². The Morgan fingerprint density at radius 1 is 0.600 bits per heavy atom. The third-order valence-corrected chi connectivity index (χ3v) is 14.5. The van der Waals surface area contributed by atoms with Crippen LogP contribution in [0.1, 0.15) is 58.9 Å². The molecule has 2 fully saturated rings. The lowest BCUT2D eigenvalue weighted by molar-refractivity contribution is -0.128. The number of aryl methyl sites for hydroxylation is 3. The minimum Gasteiger partial charge on any atom is -0.299 e. The lowest BCUT2D eigenvalue weighted by atomic mass is 9.61. The van der Waals surface area contributed by atoms with Gasteiger partial charge >= 0.3 is 0 Å². The molecule has 0 N–H and O–H groups in total. The first-order chi connectivity index (χ1) is 21.4. The number of hydrogen-bond donors (Lipinski definition) is 0. The van der Waals surface area contributed by atoms with Crippen molar-refractivity contribution in [3.05, 3.63) is 131 Å². The number of fused-ring (bicyclic) bond motifs is 1. The molecule has 2 aliphatic carbocycles. The highest BCUT2D eigenvalue weighted by Gasteiger charge is 2.56. The zero-order chi connectivity index (χ0) is 32.1. The lowest BCUT2D eigenvalue weighted by Gasteiger charge is -2.48. The van der Waals surface area contributed by atoms with Crippen LogP contribution in [0.5, 0.6) is 0 Å². The molecule has 2 saturated carbocycles. The van der Waals surface area contributed by atoms with Crippen LogP contribution in [0.25, 0.3) is 0 Å². The number of carbonyl (C=O) groups excluding carboxylic acids is 1. The summed E-state index contributed by atoms with van der Waals surface area (Å²) in [4.78, 5) is 14.3. The van der Waals surface area contributed by atoms with Gasteiger partial charge in [-0.2, -0.15) is 0 Å². The molecule has 2 unspecified atom stereocenters. The van der Waals surface area contributed by atoms with Gasteiger partial charge in [0, 0.05) is 24.2 Å². The largest absolute Gasteiger partial charge is 0.299 e. The fourth-order valence-corrected chi connectivity index (χ4v) is 11.8. The number of rotatable bonds is 6. The van der Waals surface area contributed by atoms with E-state index in [0.29, 0.717) is 0 Å². The normalized spacial score (nSPS) is 25.5. The van der Waals surface area contributed by atoms with Crippen LogP contribution in [-0.4, -0.2) is 33.1 Å². The molecule has 8 heteroatoms. The molecule has 4 aromatic rings. The van der Waals surface area contributed by atoms with Crippen molar-refractivity contribution >= 4 is 25.5 Å². The van der Waals surface area contributed by atoms with E-state index in [1.165, 1.54) is 6.07 Å². The molecule has 0 amide bonds. The Labute approximate surface area is 265 Å². The van der Waals surface area contributed by atoms with E-state index in [1.54, 1.807) is 66.7 Å². The fourth-order valence-electron chi connectivity index (χ4n) is 7.52. The average Bonchev–Trinajstić information content (AvgIpc) is 3.01. The number of hydrogen-bond acceptors (Lipinski definition) is 5. The summed E-state index contributed by atoms with van der Waals surface area (Å²) in [5.41, 5.74) is 3.82. The molecule has 0 spiro atoms. The number of halogens is 1. The zero-order valence-corrected chi connectivity index (χ0v) is 27.2. The van der Waals surface area contributed by atoms with Crippen molar-refractivity contribution in [1.82, 2.24) is 0 Å². The molecule has 5 nitrogen and oxygen atoms in total. The van der Waals surface area contributed by atoms with Gasteiger partial charge < -0.3 is 0 Å². The van der Waals surface area contributed by atoms with Crippen molar-refractivity contribution in [3.63, 3.8) is 0 Å². The summed E-state index contributed by atoms with van der Waals surface area (Å²) >= 11 is 0. The first-order valence-electron chi connectivity index (χ1n) is 15.3. The van der Waals surface area contributed by atoms with E-state index < -0.39 is 59.7 Å². The molecule has 0 aliphatic heterocycles. The molecule has 0 saturated heterocycles. The predicted octanol–water partition coefficient (Wildman–Crippen LogP) is 7.30. The van der Waals surface area contributed by atoms with Crippen molar-refractivity contribution in [3.8, 4) is 0 Å². The van der Waals surface area contributed by atoms with Gasteiger partial charge in [-0.3, -0.25) is 4.79 Å². The summed E-state index contributed by atoms with van der Waals surface area (Å²) in [6.45, 7) is 5.69. The summed E-state index contributed by atoms with van der Waals surface area (Å²) in [5, 5.41) is -2.09.